The highest BCUT2D eigenvalue weighted by Gasteiger charge is 2.52. The fraction of sp³-hybridized carbons (Fsp3) is 0.800. The van der Waals surface area contributed by atoms with Crippen LogP contribution in [0.15, 0.2) is 18.2 Å². The largest absolute Gasteiger partial charge is 0.483 e. The van der Waals surface area contributed by atoms with E-state index in [-0.39, 0.29) is 11.9 Å². The van der Waals surface area contributed by atoms with Gasteiger partial charge in [-0.15, -0.1) is 0 Å². The number of piperidine rings is 1. The number of nitrogens with one attached hydrogen (secondary N) is 1. The van der Waals surface area contributed by atoms with Crippen LogP contribution in [0.3, 0.4) is 0 Å². The number of aryl methyl sites for hydroxylation is 1. The first-order chi connectivity index (χ1) is 22.3. The van der Waals surface area contributed by atoms with Gasteiger partial charge in [-0.05, 0) is 137 Å². The molecule has 7 heteroatoms. The van der Waals surface area contributed by atoms with E-state index in [4.69, 9.17) is 15.3 Å². The molecule has 3 fully saturated rings. The normalized spacial score (nSPS) is 25.5. The molecule has 0 spiro atoms. The Morgan fingerprint density at radius 2 is 1.70 bits per heavy atom. The van der Waals surface area contributed by atoms with Crippen LogP contribution >= 0.6 is 12.6 Å². The van der Waals surface area contributed by atoms with Crippen LogP contribution in [0.4, 0.5) is 10.1 Å². The predicted octanol–water partition coefficient (Wildman–Crippen LogP) is 10.7. The van der Waals surface area contributed by atoms with Crippen LogP contribution in [0.2, 0.25) is 0 Å². The smallest absolute Gasteiger partial charge is 0.290 e. The van der Waals surface area contributed by atoms with Gasteiger partial charge in [0, 0.05) is 35.9 Å². The number of benzene rings is 1. The van der Waals surface area contributed by atoms with Gasteiger partial charge < -0.3 is 20.3 Å². The molecular weight excluding hydrogens is 606 g/mol. The number of carbonyl (C=O) groups is 1. The molecule has 0 amide bonds. The third-order valence-corrected chi connectivity index (χ3v) is 11.5. The molecule has 5 unspecified atom stereocenters. The number of hydrogen-bond acceptors (Lipinski definition) is 5. The van der Waals surface area contributed by atoms with Crippen LogP contribution < -0.4 is 4.90 Å². The van der Waals surface area contributed by atoms with Gasteiger partial charge in [-0.1, -0.05) is 67.9 Å². The van der Waals surface area contributed by atoms with Crippen LogP contribution in [0.5, 0.6) is 0 Å². The van der Waals surface area contributed by atoms with Gasteiger partial charge in [-0.25, -0.2) is 4.39 Å². The Morgan fingerprint density at radius 3 is 2.21 bits per heavy atom. The van der Waals surface area contributed by atoms with Crippen molar-refractivity contribution in [2.75, 3.05) is 37.8 Å². The molecule has 1 saturated heterocycles. The summed E-state index contributed by atoms with van der Waals surface area (Å²) in [7, 11) is 4.44. The molecule has 272 valence electrons. The van der Waals surface area contributed by atoms with E-state index < -0.39 is 6.17 Å². The topological polar surface area (TPSA) is 67.6 Å². The fourth-order valence-corrected chi connectivity index (χ4v) is 7.92. The van der Waals surface area contributed by atoms with E-state index in [2.05, 4.69) is 89.3 Å². The predicted molar refractivity (Wildman–Crippen MR) is 206 cm³/mol. The van der Waals surface area contributed by atoms with Crippen molar-refractivity contribution in [1.29, 1.82) is 5.41 Å². The van der Waals surface area contributed by atoms with Gasteiger partial charge in [0.1, 0.15) is 0 Å². The minimum absolute atomic E-state index is 0.218. The number of rotatable bonds is 6. The highest BCUT2D eigenvalue weighted by Crippen LogP contribution is 2.59. The van der Waals surface area contributed by atoms with Crippen molar-refractivity contribution in [3.8, 4) is 0 Å². The molecule has 2 saturated carbocycles. The molecule has 3 aliphatic carbocycles. The van der Waals surface area contributed by atoms with Crippen molar-refractivity contribution in [1.82, 2.24) is 4.90 Å². The molecule has 0 aromatic heterocycles. The Hall–Kier alpha value is -1.60. The monoisotopic (exact) mass is 678 g/mol. The van der Waals surface area contributed by atoms with Crippen molar-refractivity contribution in [3.63, 3.8) is 0 Å². The van der Waals surface area contributed by atoms with Gasteiger partial charge in [0.15, 0.2) is 0 Å². The van der Waals surface area contributed by atoms with Crippen LogP contribution in [-0.4, -0.2) is 67.3 Å². The second-order valence-corrected chi connectivity index (χ2v) is 15.8. The van der Waals surface area contributed by atoms with E-state index in [0.717, 1.165) is 48.1 Å². The minimum atomic E-state index is -0.595. The van der Waals surface area contributed by atoms with Crippen molar-refractivity contribution in [2.24, 2.45) is 22.7 Å². The van der Waals surface area contributed by atoms with Gasteiger partial charge in [-0.3, -0.25) is 4.79 Å². The summed E-state index contributed by atoms with van der Waals surface area (Å²) in [6, 6.07) is 8.19. The second-order valence-electron chi connectivity index (χ2n) is 15.3. The summed E-state index contributed by atoms with van der Waals surface area (Å²) in [5, 5.41) is 15.4. The molecule has 5 atom stereocenters. The van der Waals surface area contributed by atoms with Gasteiger partial charge in [-0.2, -0.15) is 12.6 Å². The molecule has 4 aliphatic rings. The van der Waals surface area contributed by atoms with Crippen LogP contribution in [-0.2, 0) is 11.2 Å². The number of fused-ring (bicyclic) bond motifs is 5. The van der Waals surface area contributed by atoms with Crippen molar-refractivity contribution >= 4 is 30.5 Å². The molecule has 5 rings (SSSR count). The number of carboxylic acid groups (broad SMARTS) is 1. The summed E-state index contributed by atoms with van der Waals surface area (Å²) in [5.74, 6) is 3.13. The number of halogens is 1. The maximum Gasteiger partial charge on any atom is 0.290 e. The third-order valence-electron chi connectivity index (χ3n) is 11.2. The Morgan fingerprint density at radius 1 is 1.11 bits per heavy atom. The lowest BCUT2D eigenvalue weighted by Gasteiger charge is -2.49. The highest BCUT2D eigenvalue weighted by molar-refractivity contribution is 7.80. The summed E-state index contributed by atoms with van der Waals surface area (Å²) >= 11 is 3.97. The van der Waals surface area contributed by atoms with Gasteiger partial charge >= 0.3 is 0 Å². The number of thiol groups is 1. The summed E-state index contributed by atoms with van der Waals surface area (Å²) in [5.41, 5.74) is 6.56. The van der Waals surface area contributed by atoms with Crippen molar-refractivity contribution in [2.45, 2.75) is 151 Å². The van der Waals surface area contributed by atoms with Crippen molar-refractivity contribution < 1.29 is 14.3 Å². The van der Waals surface area contributed by atoms with E-state index in [9.17, 15) is 4.39 Å². The van der Waals surface area contributed by atoms with Gasteiger partial charge in [0.05, 0.1) is 6.17 Å². The molecular formula is C40H72FN3O2S. The van der Waals surface area contributed by atoms with Crippen LogP contribution in [0.1, 0.15) is 143 Å². The summed E-state index contributed by atoms with van der Waals surface area (Å²) < 4.78 is 12.3. The maximum absolute atomic E-state index is 12.3. The van der Waals surface area contributed by atoms with Gasteiger partial charge in [0.25, 0.3) is 6.47 Å². The van der Waals surface area contributed by atoms with Crippen molar-refractivity contribution in [3.05, 3.63) is 29.3 Å². The highest BCUT2D eigenvalue weighted by atomic mass is 32.1. The first-order valence-electron chi connectivity index (χ1n) is 18.7. The fourth-order valence-electron chi connectivity index (χ4n) is 7.74. The third kappa shape index (κ3) is 13.0. The van der Waals surface area contributed by atoms with E-state index in [1.54, 1.807) is 11.1 Å². The quantitative estimate of drug-likeness (QED) is 0.207. The van der Waals surface area contributed by atoms with Crippen LogP contribution in [0.25, 0.3) is 0 Å². The van der Waals surface area contributed by atoms with Crippen LogP contribution in [0, 0.1) is 28.1 Å². The standard InChI is InChI=1S/C25H37N3.C6H13FS.C6H14.C2H6.CH2O2/c1-25-13-10-21-20-7-5-19(28-14-11-18(12-15-28)27(2)3)16-17(20)4-6-22(21)23(25)8-9-24(25)26;1-2-6(7)4-3-5-8;1-5-6(2,3)4;1-2;2-1-3/h5,7,16,18,21-23,26H,4,6,8-15H2,1-3H3;6,8H,2-5H2,1H3;5H2,1-4H3;1-2H3;1H,(H,2,3). The van der Waals surface area contributed by atoms with E-state index in [1.165, 1.54) is 70.1 Å². The zero-order chi connectivity index (χ0) is 35.8. The van der Waals surface area contributed by atoms with E-state index in [1.807, 2.05) is 20.8 Å². The molecule has 5 nitrogen and oxygen atoms in total. The van der Waals surface area contributed by atoms with E-state index >= 15 is 0 Å². The minimum Gasteiger partial charge on any atom is -0.483 e. The van der Waals surface area contributed by atoms with Gasteiger partial charge in [0.2, 0.25) is 0 Å². The lowest BCUT2D eigenvalue weighted by molar-refractivity contribution is -0.122. The first-order valence-corrected chi connectivity index (χ1v) is 19.3. The summed E-state index contributed by atoms with van der Waals surface area (Å²) in [4.78, 5) is 13.4. The second kappa shape index (κ2) is 21.5. The molecule has 1 heterocycles. The Balaban J connectivity index is 0.000000483. The number of alkyl halides is 1. The Kier molecular flexibility index (Phi) is 19.8. The maximum atomic E-state index is 12.3. The molecule has 1 aromatic carbocycles. The van der Waals surface area contributed by atoms with E-state index in [0.29, 0.717) is 18.3 Å². The SMILES string of the molecule is CC.CCC(C)(C)C.CCC(F)CCCS.CN(C)C1CCN(c2ccc3c(c2)CCC2C3CCC3(C)C(=N)CCC23)CC1.O=CO. The lowest BCUT2D eigenvalue weighted by Crippen LogP contribution is -2.43. The molecule has 1 aliphatic heterocycles. The Bertz CT molecular complexity index is 1040. The summed E-state index contributed by atoms with van der Waals surface area (Å²) in [6.45, 7) is 19.3. The first kappa shape index (κ1) is 43.4. The summed E-state index contributed by atoms with van der Waals surface area (Å²) in [6.07, 6.45) is 12.9. The average Bonchev–Trinajstić information content (AvgIpc) is 3.38. The number of hydrogen-bond donors (Lipinski definition) is 3. The molecule has 47 heavy (non-hydrogen) atoms. The lowest BCUT2D eigenvalue weighted by atomic mass is 9.55. The average molecular weight is 678 g/mol. The zero-order valence-electron chi connectivity index (χ0n) is 31.9. The molecule has 1 aromatic rings. The molecule has 0 bridgehead atoms. The molecule has 0 radical (unpaired) electrons. The number of anilines is 1. The number of nitrogens with zero attached hydrogens (tertiary/aromatic N) is 2. The Labute approximate surface area is 294 Å². The molecule has 2 N–H and O–H groups in total. The zero-order valence-corrected chi connectivity index (χ0v) is 32.8.